The molecule has 4 nitrogen and oxygen atoms in total. The van der Waals surface area contributed by atoms with Gasteiger partial charge < -0.3 is 4.90 Å². The molecule has 1 aliphatic heterocycles. The second kappa shape index (κ2) is 6.99. The summed E-state index contributed by atoms with van der Waals surface area (Å²) in [6, 6.07) is 9.97. The molecule has 0 aliphatic carbocycles. The zero-order valence-electron chi connectivity index (χ0n) is 14.6. The molecule has 2 aromatic carbocycles. The Morgan fingerprint density at radius 2 is 1.78 bits per heavy atom. The monoisotopic (exact) mass is 397 g/mol. The molecule has 1 heterocycles. The molecule has 3 rings (SSSR count). The number of benzene rings is 2. The molecular formula is C19H18F3NO3S. The lowest BCUT2D eigenvalue weighted by Gasteiger charge is -2.31. The third kappa shape index (κ3) is 4.32. The van der Waals surface area contributed by atoms with Crippen LogP contribution in [0.1, 0.15) is 33.5 Å². The van der Waals surface area contributed by atoms with E-state index in [9.17, 15) is 26.4 Å². The molecule has 0 radical (unpaired) electrons. The zero-order valence-corrected chi connectivity index (χ0v) is 15.4. The van der Waals surface area contributed by atoms with Crippen molar-refractivity contribution in [2.45, 2.75) is 24.8 Å². The Labute approximate surface area is 155 Å². The van der Waals surface area contributed by atoms with Crippen molar-refractivity contribution in [1.82, 2.24) is 0 Å². The van der Waals surface area contributed by atoms with Crippen molar-refractivity contribution in [3.63, 3.8) is 0 Å². The highest BCUT2D eigenvalue weighted by Crippen LogP contribution is 2.39. The molecule has 0 aromatic heterocycles. The lowest BCUT2D eigenvalue weighted by molar-refractivity contribution is -0.138. The van der Waals surface area contributed by atoms with Gasteiger partial charge in [-0.2, -0.15) is 13.2 Å². The molecule has 8 heteroatoms. The Bertz CT molecular complexity index is 967. The molecule has 27 heavy (non-hydrogen) atoms. The molecule has 0 unspecified atom stereocenters. The van der Waals surface area contributed by atoms with Crippen LogP contribution in [0.4, 0.5) is 18.9 Å². The highest BCUT2D eigenvalue weighted by atomic mass is 32.2. The van der Waals surface area contributed by atoms with Crippen LogP contribution in [0.5, 0.6) is 0 Å². The SMILES string of the molecule is CS(=O)(=O)Cc1ccc(C(=O)N2CCCc3c2cccc3C(F)(F)F)cc1. The second-order valence-electron chi connectivity index (χ2n) is 6.63. The van der Waals surface area contributed by atoms with E-state index in [4.69, 9.17) is 0 Å². The van der Waals surface area contributed by atoms with Gasteiger partial charge in [0.15, 0.2) is 9.84 Å². The Morgan fingerprint density at radius 1 is 1.11 bits per heavy atom. The molecule has 1 aliphatic rings. The topological polar surface area (TPSA) is 54.5 Å². The average molecular weight is 397 g/mol. The predicted octanol–water partition coefficient (Wildman–Crippen LogP) is 3.84. The molecule has 0 fully saturated rings. The van der Waals surface area contributed by atoms with E-state index in [1.54, 1.807) is 12.1 Å². The minimum atomic E-state index is -4.47. The quantitative estimate of drug-likeness (QED) is 0.791. The normalized spacial score (nSPS) is 14.7. The van der Waals surface area contributed by atoms with Crippen LogP contribution in [-0.2, 0) is 28.2 Å². The summed E-state index contributed by atoms with van der Waals surface area (Å²) in [6.45, 7) is 0.332. The van der Waals surface area contributed by atoms with Gasteiger partial charge in [-0.3, -0.25) is 4.79 Å². The number of sulfone groups is 1. The lowest BCUT2D eigenvalue weighted by Crippen LogP contribution is -2.36. The van der Waals surface area contributed by atoms with Crippen molar-refractivity contribution < 1.29 is 26.4 Å². The van der Waals surface area contributed by atoms with Gasteiger partial charge in [-0.05, 0) is 48.2 Å². The summed E-state index contributed by atoms with van der Waals surface area (Å²) in [4.78, 5) is 14.2. The molecule has 0 saturated carbocycles. The van der Waals surface area contributed by atoms with Crippen LogP contribution in [-0.4, -0.2) is 27.1 Å². The number of hydrogen-bond donors (Lipinski definition) is 0. The molecule has 0 saturated heterocycles. The summed E-state index contributed by atoms with van der Waals surface area (Å²) in [5, 5.41) is 0. The highest BCUT2D eigenvalue weighted by Gasteiger charge is 2.36. The van der Waals surface area contributed by atoms with Gasteiger partial charge >= 0.3 is 6.18 Å². The molecule has 2 aromatic rings. The number of amides is 1. The maximum absolute atomic E-state index is 13.3. The largest absolute Gasteiger partial charge is 0.416 e. The number of carbonyl (C=O) groups is 1. The number of nitrogens with zero attached hydrogens (tertiary/aromatic N) is 1. The summed E-state index contributed by atoms with van der Waals surface area (Å²) < 4.78 is 62.5. The van der Waals surface area contributed by atoms with Gasteiger partial charge in [0.25, 0.3) is 5.91 Å². The number of carbonyl (C=O) groups excluding carboxylic acids is 1. The van der Waals surface area contributed by atoms with Crippen molar-refractivity contribution in [1.29, 1.82) is 0 Å². The van der Waals surface area contributed by atoms with Crippen LogP contribution in [0.3, 0.4) is 0 Å². The van der Waals surface area contributed by atoms with Gasteiger partial charge in [-0.1, -0.05) is 18.2 Å². The van der Waals surface area contributed by atoms with E-state index < -0.39 is 27.5 Å². The number of halogens is 3. The first-order valence-electron chi connectivity index (χ1n) is 8.34. The average Bonchev–Trinajstić information content (AvgIpc) is 2.58. The maximum Gasteiger partial charge on any atom is 0.416 e. The van der Waals surface area contributed by atoms with Crippen molar-refractivity contribution in [3.8, 4) is 0 Å². The molecule has 144 valence electrons. The number of rotatable bonds is 3. The van der Waals surface area contributed by atoms with Crippen LogP contribution in [0.2, 0.25) is 0 Å². The van der Waals surface area contributed by atoms with Gasteiger partial charge in [0.05, 0.1) is 11.3 Å². The van der Waals surface area contributed by atoms with Crippen LogP contribution >= 0.6 is 0 Å². The van der Waals surface area contributed by atoms with Crippen molar-refractivity contribution in [2.75, 3.05) is 17.7 Å². The first kappa shape index (κ1) is 19.4. The van der Waals surface area contributed by atoms with Gasteiger partial charge in [-0.15, -0.1) is 0 Å². The van der Waals surface area contributed by atoms with E-state index in [0.29, 0.717) is 24.1 Å². The third-order valence-electron chi connectivity index (χ3n) is 4.43. The van der Waals surface area contributed by atoms with Crippen LogP contribution in [0.25, 0.3) is 0 Å². The van der Waals surface area contributed by atoms with E-state index in [1.807, 2.05) is 0 Å². The fraction of sp³-hybridized carbons (Fsp3) is 0.316. The van der Waals surface area contributed by atoms with Crippen LogP contribution in [0, 0.1) is 0 Å². The summed E-state index contributed by atoms with van der Waals surface area (Å²) in [5.74, 6) is -0.538. The minimum Gasteiger partial charge on any atom is -0.308 e. The number of hydrogen-bond acceptors (Lipinski definition) is 3. The van der Waals surface area contributed by atoms with E-state index in [-0.39, 0.29) is 23.4 Å². The first-order chi connectivity index (χ1) is 12.6. The Morgan fingerprint density at radius 3 is 2.37 bits per heavy atom. The fourth-order valence-electron chi connectivity index (χ4n) is 3.30. The zero-order chi connectivity index (χ0) is 19.8. The highest BCUT2D eigenvalue weighted by molar-refractivity contribution is 7.89. The third-order valence-corrected chi connectivity index (χ3v) is 5.29. The molecule has 0 atom stereocenters. The van der Waals surface area contributed by atoms with Crippen LogP contribution < -0.4 is 4.90 Å². The smallest absolute Gasteiger partial charge is 0.308 e. The molecule has 1 amide bonds. The Hall–Kier alpha value is -2.35. The minimum absolute atomic E-state index is 0.136. The van der Waals surface area contributed by atoms with E-state index in [1.165, 1.54) is 29.2 Å². The number of anilines is 1. The van der Waals surface area contributed by atoms with Gasteiger partial charge in [0.1, 0.15) is 0 Å². The van der Waals surface area contributed by atoms with Crippen molar-refractivity contribution in [3.05, 3.63) is 64.7 Å². The standard InChI is InChI=1S/C19H18F3NO3S/c1-27(25,26)12-13-7-9-14(10-8-13)18(24)23-11-3-4-15-16(19(20,21)22)5-2-6-17(15)23/h2,5-10H,3-4,11-12H2,1H3. The van der Waals surface area contributed by atoms with Gasteiger partial charge in [-0.25, -0.2) is 8.42 Å². The number of fused-ring (bicyclic) bond motifs is 1. The van der Waals surface area contributed by atoms with Gasteiger partial charge in [0, 0.05) is 24.1 Å². The van der Waals surface area contributed by atoms with E-state index >= 15 is 0 Å². The summed E-state index contributed by atoms with van der Waals surface area (Å²) in [5.41, 5.74) is 0.561. The number of alkyl halides is 3. The van der Waals surface area contributed by atoms with E-state index in [2.05, 4.69) is 0 Å². The molecule has 0 N–H and O–H groups in total. The Kier molecular flexibility index (Phi) is 5.03. The van der Waals surface area contributed by atoms with Crippen molar-refractivity contribution in [2.24, 2.45) is 0 Å². The fourth-order valence-corrected chi connectivity index (χ4v) is 4.10. The van der Waals surface area contributed by atoms with Gasteiger partial charge in [0.2, 0.25) is 0 Å². The molecule has 0 bridgehead atoms. The molecular weight excluding hydrogens is 379 g/mol. The molecule has 0 spiro atoms. The van der Waals surface area contributed by atoms with Crippen LogP contribution in [0.15, 0.2) is 42.5 Å². The summed E-state index contributed by atoms with van der Waals surface area (Å²) >= 11 is 0. The lowest BCUT2D eigenvalue weighted by atomic mass is 9.95. The first-order valence-corrected chi connectivity index (χ1v) is 10.4. The van der Waals surface area contributed by atoms with Crippen molar-refractivity contribution >= 4 is 21.4 Å². The second-order valence-corrected chi connectivity index (χ2v) is 8.77. The predicted molar refractivity (Wildman–Crippen MR) is 96.4 cm³/mol. The van der Waals surface area contributed by atoms with E-state index in [0.717, 1.165) is 12.3 Å². The summed E-state index contributed by atoms with van der Waals surface area (Å²) in [7, 11) is -3.19. The maximum atomic E-state index is 13.3. The Balaban J connectivity index is 1.92. The summed E-state index contributed by atoms with van der Waals surface area (Å²) in [6.07, 6.45) is -2.64.